The lowest BCUT2D eigenvalue weighted by Gasteiger charge is -2.02. The highest BCUT2D eigenvalue weighted by Gasteiger charge is 2.12. The van der Waals surface area contributed by atoms with E-state index >= 15 is 0 Å². The third-order valence-corrected chi connectivity index (χ3v) is 3.85. The third kappa shape index (κ3) is 2.42. The molecule has 5 heteroatoms. The second-order valence-corrected chi connectivity index (χ2v) is 5.62. The number of halogens is 1. The first kappa shape index (κ1) is 12.3. The van der Waals surface area contributed by atoms with Crippen LogP contribution in [0.2, 0.25) is 5.02 Å². The zero-order valence-electron chi connectivity index (χ0n) is 9.87. The van der Waals surface area contributed by atoms with Crippen LogP contribution in [-0.4, -0.2) is 10.9 Å². The van der Waals surface area contributed by atoms with E-state index in [9.17, 15) is 4.79 Å². The van der Waals surface area contributed by atoms with E-state index in [0.29, 0.717) is 10.2 Å². The summed E-state index contributed by atoms with van der Waals surface area (Å²) in [5, 5.41) is 4.13. The van der Waals surface area contributed by atoms with E-state index in [4.69, 9.17) is 11.6 Å². The van der Waals surface area contributed by atoms with E-state index in [1.165, 1.54) is 11.3 Å². The Morgan fingerprint density at radius 3 is 2.82 bits per heavy atom. The smallest absolute Gasteiger partial charge is 0.228 e. The molecule has 1 heterocycles. The van der Waals surface area contributed by atoms with Gasteiger partial charge in [0.1, 0.15) is 0 Å². The predicted molar refractivity (Wildman–Crippen MR) is 72.8 cm³/mol. The van der Waals surface area contributed by atoms with E-state index in [2.05, 4.69) is 10.3 Å². The minimum absolute atomic E-state index is 0.0205. The first-order valence-electron chi connectivity index (χ1n) is 5.35. The number of amides is 1. The third-order valence-electron chi connectivity index (χ3n) is 2.50. The first-order valence-corrected chi connectivity index (χ1v) is 6.55. The summed E-state index contributed by atoms with van der Waals surface area (Å²) < 4.78 is 1.03. The summed E-state index contributed by atoms with van der Waals surface area (Å²) in [7, 11) is 0. The highest BCUT2D eigenvalue weighted by molar-refractivity contribution is 7.22. The largest absolute Gasteiger partial charge is 0.302 e. The van der Waals surface area contributed by atoms with Crippen LogP contribution in [0.3, 0.4) is 0 Å². The van der Waals surface area contributed by atoms with Crippen LogP contribution in [0.4, 0.5) is 5.13 Å². The second-order valence-electron chi connectivity index (χ2n) is 4.18. The summed E-state index contributed by atoms with van der Waals surface area (Å²) in [4.78, 5) is 16.0. The second kappa shape index (κ2) is 4.63. The average molecular weight is 269 g/mol. The zero-order chi connectivity index (χ0) is 12.6. The fraction of sp³-hybridized carbons (Fsp3) is 0.333. The van der Waals surface area contributed by atoms with Crippen LogP contribution >= 0.6 is 22.9 Å². The Morgan fingerprint density at radius 2 is 2.18 bits per heavy atom. The molecule has 0 fully saturated rings. The van der Waals surface area contributed by atoms with Gasteiger partial charge in [0.05, 0.1) is 10.2 Å². The number of thiazole rings is 1. The molecule has 2 aromatic rings. The van der Waals surface area contributed by atoms with E-state index in [-0.39, 0.29) is 11.8 Å². The lowest BCUT2D eigenvalue weighted by atomic mass is 10.2. The van der Waals surface area contributed by atoms with Gasteiger partial charge in [-0.05, 0) is 24.6 Å². The summed E-state index contributed by atoms with van der Waals surface area (Å²) >= 11 is 7.49. The summed E-state index contributed by atoms with van der Waals surface area (Å²) in [5.41, 5.74) is 1.81. The molecule has 3 nitrogen and oxygen atoms in total. The quantitative estimate of drug-likeness (QED) is 0.899. The Kier molecular flexibility index (Phi) is 3.35. The van der Waals surface area contributed by atoms with Crippen molar-refractivity contribution in [2.75, 3.05) is 5.32 Å². The van der Waals surface area contributed by atoms with E-state index < -0.39 is 0 Å². The lowest BCUT2D eigenvalue weighted by Crippen LogP contribution is -2.17. The number of hydrogen-bond acceptors (Lipinski definition) is 3. The highest BCUT2D eigenvalue weighted by atomic mass is 35.5. The number of benzene rings is 1. The number of fused-ring (bicyclic) bond motifs is 1. The molecule has 0 spiro atoms. The topological polar surface area (TPSA) is 42.0 Å². The minimum atomic E-state index is -0.0494. The van der Waals surface area contributed by atoms with Gasteiger partial charge in [0.2, 0.25) is 5.91 Å². The molecule has 0 bridgehead atoms. The molecule has 0 saturated heterocycles. The number of aromatic nitrogens is 1. The number of nitrogens with zero attached hydrogens (tertiary/aromatic N) is 1. The maximum absolute atomic E-state index is 11.6. The van der Waals surface area contributed by atoms with Crippen molar-refractivity contribution in [2.45, 2.75) is 20.8 Å². The van der Waals surface area contributed by atoms with E-state index in [1.54, 1.807) is 0 Å². The van der Waals surface area contributed by atoms with Gasteiger partial charge in [-0.1, -0.05) is 36.8 Å². The Hall–Kier alpha value is -1.13. The van der Waals surface area contributed by atoms with Gasteiger partial charge >= 0.3 is 0 Å². The molecular weight excluding hydrogens is 256 g/mol. The predicted octanol–water partition coefficient (Wildman–Crippen LogP) is 3.85. The van der Waals surface area contributed by atoms with Crippen molar-refractivity contribution < 1.29 is 4.79 Å². The number of carbonyl (C=O) groups excluding carboxylic acids is 1. The maximum atomic E-state index is 11.6. The molecule has 90 valence electrons. The number of hydrogen-bond donors (Lipinski definition) is 1. The SMILES string of the molecule is Cc1c(Cl)ccc2sc(NC(=O)C(C)C)nc12. The maximum Gasteiger partial charge on any atom is 0.228 e. The van der Waals surface area contributed by atoms with E-state index in [1.807, 2.05) is 32.9 Å². The van der Waals surface area contributed by atoms with Crippen LogP contribution in [0.15, 0.2) is 12.1 Å². The van der Waals surface area contributed by atoms with Crippen LogP contribution < -0.4 is 5.32 Å². The summed E-state index contributed by atoms with van der Waals surface area (Å²) in [5.74, 6) is -0.0699. The Balaban J connectivity index is 2.39. The number of carbonyl (C=O) groups is 1. The zero-order valence-corrected chi connectivity index (χ0v) is 11.4. The molecule has 17 heavy (non-hydrogen) atoms. The lowest BCUT2D eigenvalue weighted by molar-refractivity contribution is -0.118. The molecule has 0 radical (unpaired) electrons. The van der Waals surface area contributed by atoms with Crippen LogP contribution in [0.1, 0.15) is 19.4 Å². The Labute approximate surface area is 109 Å². The van der Waals surface area contributed by atoms with Crippen molar-refractivity contribution in [3.63, 3.8) is 0 Å². The monoisotopic (exact) mass is 268 g/mol. The van der Waals surface area contributed by atoms with Gasteiger partial charge in [0, 0.05) is 10.9 Å². The molecule has 1 amide bonds. The van der Waals surface area contributed by atoms with E-state index in [0.717, 1.165) is 15.8 Å². The van der Waals surface area contributed by atoms with Gasteiger partial charge in [-0.15, -0.1) is 0 Å². The fourth-order valence-corrected chi connectivity index (χ4v) is 2.48. The fourth-order valence-electron chi connectivity index (χ4n) is 1.40. The first-order chi connectivity index (χ1) is 7.99. The minimum Gasteiger partial charge on any atom is -0.302 e. The number of nitrogens with one attached hydrogen (secondary N) is 1. The van der Waals surface area contributed by atoms with Gasteiger partial charge in [-0.25, -0.2) is 4.98 Å². The van der Waals surface area contributed by atoms with Gasteiger partial charge in [-0.2, -0.15) is 0 Å². The Bertz CT molecular complexity index is 577. The molecule has 0 unspecified atom stereocenters. The molecule has 1 N–H and O–H groups in total. The van der Waals surface area contributed by atoms with Crippen LogP contribution in [-0.2, 0) is 4.79 Å². The molecule has 2 rings (SSSR count). The molecule has 0 aliphatic rings. The van der Waals surface area contributed by atoms with Gasteiger partial charge in [-0.3, -0.25) is 4.79 Å². The molecule has 1 aromatic carbocycles. The van der Waals surface area contributed by atoms with Gasteiger partial charge in [0.25, 0.3) is 0 Å². The highest BCUT2D eigenvalue weighted by Crippen LogP contribution is 2.31. The van der Waals surface area contributed by atoms with Crippen LogP contribution in [0, 0.1) is 12.8 Å². The van der Waals surface area contributed by atoms with Crippen LogP contribution in [0.25, 0.3) is 10.2 Å². The summed E-state index contributed by atoms with van der Waals surface area (Å²) in [6, 6.07) is 3.78. The molecule has 0 aliphatic carbocycles. The van der Waals surface area contributed by atoms with Gasteiger partial charge < -0.3 is 5.32 Å². The van der Waals surface area contributed by atoms with Crippen LogP contribution in [0.5, 0.6) is 0 Å². The number of aryl methyl sites for hydroxylation is 1. The standard InChI is InChI=1S/C12H13ClN2OS/c1-6(2)11(16)15-12-14-10-7(3)8(13)4-5-9(10)17-12/h4-6H,1-3H3,(H,14,15,16). The Morgan fingerprint density at radius 1 is 1.47 bits per heavy atom. The van der Waals surface area contributed by atoms with Crippen molar-refractivity contribution in [2.24, 2.45) is 5.92 Å². The molecule has 0 saturated carbocycles. The van der Waals surface area contributed by atoms with Gasteiger partial charge in [0.15, 0.2) is 5.13 Å². The number of rotatable bonds is 2. The average Bonchev–Trinajstić information content (AvgIpc) is 2.67. The molecular formula is C12H13ClN2OS. The molecule has 0 aliphatic heterocycles. The molecule has 0 atom stereocenters. The van der Waals surface area contributed by atoms with Crippen molar-refractivity contribution >= 4 is 44.2 Å². The number of anilines is 1. The van der Waals surface area contributed by atoms with Crippen molar-refractivity contribution in [3.05, 3.63) is 22.7 Å². The van der Waals surface area contributed by atoms with Crippen molar-refractivity contribution in [1.82, 2.24) is 4.98 Å². The molecule has 1 aromatic heterocycles. The summed E-state index contributed by atoms with van der Waals surface area (Å²) in [6.45, 7) is 5.63. The van der Waals surface area contributed by atoms with Crippen molar-refractivity contribution in [1.29, 1.82) is 0 Å². The normalized spacial score (nSPS) is 11.1. The van der Waals surface area contributed by atoms with Crippen molar-refractivity contribution in [3.8, 4) is 0 Å². The summed E-state index contributed by atoms with van der Waals surface area (Å²) in [6.07, 6.45) is 0.